The molecule has 1 fully saturated rings. The van der Waals surface area contributed by atoms with Crippen LogP contribution in [0.1, 0.15) is 11.4 Å². The molecule has 0 radical (unpaired) electrons. The van der Waals surface area contributed by atoms with Gasteiger partial charge in [0.2, 0.25) is 11.8 Å². The summed E-state index contributed by atoms with van der Waals surface area (Å²) in [4.78, 5) is 21.0. The Morgan fingerprint density at radius 1 is 1.32 bits per heavy atom. The van der Waals surface area contributed by atoms with Crippen LogP contribution in [0.3, 0.4) is 0 Å². The van der Waals surface area contributed by atoms with Crippen molar-refractivity contribution < 1.29 is 22.7 Å². The second-order valence-electron chi connectivity index (χ2n) is 5.29. The highest BCUT2D eigenvalue weighted by Gasteiger charge is 2.52. The Morgan fingerprint density at radius 2 is 1.95 bits per heavy atom. The van der Waals surface area contributed by atoms with Crippen molar-refractivity contribution in [1.82, 2.24) is 9.97 Å². The molecule has 2 heterocycles. The number of carbonyl (C=O) groups is 1. The first kappa shape index (κ1) is 16.3. The highest BCUT2D eigenvalue weighted by atomic mass is 19.4. The van der Waals surface area contributed by atoms with Gasteiger partial charge in [-0.25, -0.2) is 4.98 Å². The van der Waals surface area contributed by atoms with Crippen molar-refractivity contribution in [3.8, 4) is 5.88 Å². The van der Waals surface area contributed by atoms with Gasteiger partial charge in [0, 0.05) is 13.1 Å². The van der Waals surface area contributed by atoms with Crippen LogP contribution in [0.2, 0.25) is 0 Å². The summed E-state index contributed by atoms with van der Waals surface area (Å²) in [5.74, 6) is -3.04. The van der Waals surface area contributed by atoms with Gasteiger partial charge in [-0.1, -0.05) is 0 Å². The number of carbonyl (C=O) groups excluding carboxylic acids is 1. The largest absolute Gasteiger partial charge is 0.481 e. The lowest BCUT2D eigenvalue weighted by Gasteiger charge is -2.21. The molecule has 6 nitrogen and oxygen atoms in total. The third kappa shape index (κ3) is 2.93. The molecule has 2 N–H and O–H groups in total. The Kier molecular flexibility index (Phi) is 4.17. The first-order chi connectivity index (χ1) is 10.1. The molecule has 1 aromatic heterocycles. The third-order valence-corrected chi connectivity index (χ3v) is 3.79. The number of aryl methyl sites for hydroxylation is 1. The maximum atomic E-state index is 13.1. The Labute approximate surface area is 125 Å². The lowest BCUT2D eigenvalue weighted by molar-refractivity contribution is -0.181. The normalized spacial score (nSPS) is 22.0. The minimum Gasteiger partial charge on any atom is -0.481 e. The Bertz CT molecular complexity index is 591. The molecule has 1 aromatic rings. The average Bonchev–Trinajstić information content (AvgIpc) is 2.86. The summed E-state index contributed by atoms with van der Waals surface area (Å²) in [5, 5.41) is 0. The summed E-state index contributed by atoms with van der Waals surface area (Å²) in [7, 11) is 1.42. The molecule has 2 atom stereocenters. The van der Waals surface area contributed by atoms with Crippen LogP contribution in [0.5, 0.6) is 5.88 Å². The van der Waals surface area contributed by atoms with E-state index in [2.05, 4.69) is 9.97 Å². The predicted molar refractivity (Wildman–Crippen MR) is 72.5 cm³/mol. The molecule has 0 unspecified atom stereocenters. The van der Waals surface area contributed by atoms with Crippen molar-refractivity contribution >= 4 is 11.7 Å². The van der Waals surface area contributed by atoms with E-state index in [9.17, 15) is 18.0 Å². The zero-order chi connectivity index (χ0) is 16.7. The number of methoxy groups -OCH3 is 1. The number of hydrogen-bond donors (Lipinski definition) is 1. The molecule has 0 aromatic carbocycles. The van der Waals surface area contributed by atoms with E-state index in [1.54, 1.807) is 13.8 Å². The van der Waals surface area contributed by atoms with Crippen molar-refractivity contribution in [3.63, 3.8) is 0 Å². The number of halogens is 3. The van der Waals surface area contributed by atoms with Crippen molar-refractivity contribution in [2.24, 2.45) is 17.6 Å². The highest BCUT2D eigenvalue weighted by Crippen LogP contribution is 2.40. The number of nitrogens with zero attached hydrogens (tertiary/aromatic N) is 3. The SMILES string of the molecule is COc1nc(C)nc(N2C[C@@H](C(F)(F)F)[C@H](C(N)=O)C2)c1C. The summed E-state index contributed by atoms with van der Waals surface area (Å²) in [6.45, 7) is 2.79. The van der Waals surface area contributed by atoms with Gasteiger partial charge < -0.3 is 15.4 Å². The van der Waals surface area contributed by atoms with E-state index in [4.69, 9.17) is 10.5 Å². The van der Waals surface area contributed by atoms with Gasteiger partial charge in [-0.15, -0.1) is 0 Å². The number of primary amides is 1. The maximum Gasteiger partial charge on any atom is 0.394 e. The van der Waals surface area contributed by atoms with Crippen molar-refractivity contribution in [2.75, 3.05) is 25.1 Å². The fourth-order valence-electron chi connectivity index (χ4n) is 2.69. The summed E-state index contributed by atoms with van der Waals surface area (Å²) in [5.41, 5.74) is 5.65. The van der Waals surface area contributed by atoms with Crippen LogP contribution < -0.4 is 15.4 Å². The molecule has 1 aliphatic heterocycles. The van der Waals surface area contributed by atoms with Crippen LogP contribution >= 0.6 is 0 Å². The number of anilines is 1. The standard InChI is InChI=1S/C13H17F3N4O2/c1-6-11(18-7(2)19-12(6)22-3)20-4-8(10(17)21)9(5-20)13(14,15)16/h8-9H,4-5H2,1-3H3,(H2,17,21)/t8-,9-/m1/s1. The van der Waals surface area contributed by atoms with Gasteiger partial charge in [0.15, 0.2) is 0 Å². The van der Waals surface area contributed by atoms with Crippen LogP contribution in [0.25, 0.3) is 0 Å². The number of hydrogen-bond acceptors (Lipinski definition) is 5. The summed E-state index contributed by atoms with van der Waals surface area (Å²) < 4.78 is 44.4. The third-order valence-electron chi connectivity index (χ3n) is 3.79. The topological polar surface area (TPSA) is 81.3 Å². The van der Waals surface area contributed by atoms with Crippen LogP contribution in [-0.4, -0.2) is 42.3 Å². The molecule has 0 saturated carbocycles. The Balaban J connectivity index is 2.39. The van der Waals surface area contributed by atoms with E-state index in [-0.39, 0.29) is 13.1 Å². The molecule has 0 spiro atoms. The maximum absolute atomic E-state index is 13.1. The van der Waals surface area contributed by atoms with E-state index >= 15 is 0 Å². The van der Waals surface area contributed by atoms with E-state index in [1.807, 2.05) is 0 Å². The highest BCUT2D eigenvalue weighted by molar-refractivity contribution is 5.79. The number of aromatic nitrogens is 2. The zero-order valence-electron chi connectivity index (χ0n) is 12.4. The first-order valence-corrected chi connectivity index (χ1v) is 6.65. The predicted octanol–water partition coefficient (Wildman–Crippen LogP) is 1.20. The van der Waals surface area contributed by atoms with E-state index in [0.29, 0.717) is 23.1 Å². The molecule has 2 rings (SSSR count). The minimum absolute atomic E-state index is 0.125. The Hall–Kier alpha value is -2.06. The summed E-state index contributed by atoms with van der Waals surface area (Å²) in [6, 6.07) is 0. The average molecular weight is 318 g/mol. The molecule has 1 amide bonds. The van der Waals surface area contributed by atoms with E-state index in [0.717, 1.165) is 0 Å². The second-order valence-corrected chi connectivity index (χ2v) is 5.29. The number of ether oxygens (including phenoxy) is 1. The van der Waals surface area contributed by atoms with E-state index in [1.165, 1.54) is 12.0 Å². The van der Waals surface area contributed by atoms with Gasteiger partial charge in [0.25, 0.3) is 0 Å². The minimum atomic E-state index is -4.49. The van der Waals surface area contributed by atoms with Gasteiger partial charge in [0.05, 0.1) is 24.5 Å². The second kappa shape index (κ2) is 5.62. The summed E-state index contributed by atoms with van der Waals surface area (Å²) in [6.07, 6.45) is -4.49. The van der Waals surface area contributed by atoms with Crippen molar-refractivity contribution in [1.29, 1.82) is 0 Å². The number of alkyl halides is 3. The van der Waals surface area contributed by atoms with Crippen molar-refractivity contribution in [3.05, 3.63) is 11.4 Å². The monoisotopic (exact) mass is 318 g/mol. The quantitative estimate of drug-likeness (QED) is 0.906. The fourth-order valence-corrected chi connectivity index (χ4v) is 2.69. The lowest BCUT2D eigenvalue weighted by Crippen LogP contribution is -2.37. The van der Waals surface area contributed by atoms with E-state index < -0.39 is 23.9 Å². The van der Waals surface area contributed by atoms with Gasteiger partial charge >= 0.3 is 6.18 Å². The summed E-state index contributed by atoms with van der Waals surface area (Å²) >= 11 is 0. The molecule has 1 aliphatic rings. The van der Waals surface area contributed by atoms with Crippen molar-refractivity contribution in [2.45, 2.75) is 20.0 Å². The smallest absolute Gasteiger partial charge is 0.394 e. The molecule has 1 saturated heterocycles. The Morgan fingerprint density at radius 3 is 2.41 bits per heavy atom. The van der Waals surface area contributed by atoms with Gasteiger partial charge in [-0.05, 0) is 13.8 Å². The van der Waals surface area contributed by atoms with Crippen LogP contribution in [0.15, 0.2) is 0 Å². The number of amides is 1. The molecule has 9 heteroatoms. The molecule has 0 aliphatic carbocycles. The number of rotatable bonds is 3. The first-order valence-electron chi connectivity index (χ1n) is 6.65. The molecule has 22 heavy (non-hydrogen) atoms. The molecular formula is C13H17F3N4O2. The van der Waals surface area contributed by atoms with Gasteiger partial charge in [0.1, 0.15) is 11.6 Å². The van der Waals surface area contributed by atoms with Crippen LogP contribution in [0, 0.1) is 25.7 Å². The van der Waals surface area contributed by atoms with Gasteiger partial charge in [-0.3, -0.25) is 4.79 Å². The molecule has 122 valence electrons. The molecule has 0 bridgehead atoms. The fraction of sp³-hybridized carbons (Fsp3) is 0.615. The lowest BCUT2D eigenvalue weighted by atomic mass is 9.95. The number of nitrogens with two attached hydrogens (primary N) is 1. The zero-order valence-corrected chi connectivity index (χ0v) is 12.4. The molecular weight excluding hydrogens is 301 g/mol. The van der Waals surface area contributed by atoms with Gasteiger partial charge in [-0.2, -0.15) is 18.2 Å². The van der Waals surface area contributed by atoms with Crippen LogP contribution in [-0.2, 0) is 4.79 Å². The van der Waals surface area contributed by atoms with Crippen LogP contribution in [0.4, 0.5) is 19.0 Å².